The van der Waals surface area contributed by atoms with E-state index in [0.29, 0.717) is 6.04 Å². The van der Waals surface area contributed by atoms with Crippen molar-refractivity contribution in [1.29, 1.82) is 0 Å². The third-order valence-corrected chi connectivity index (χ3v) is 3.28. The summed E-state index contributed by atoms with van der Waals surface area (Å²) >= 11 is 0. The van der Waals surface area contributed by atoms with Gasteiger partial charge in [0.1, 0.15) is 5.82 Å². The highest BCUT2D eigenvalue weighted by Crippen LogP contribution is 2.09. The lowest BCUT2D eigenvalue weighted by Crippen LogP contribution is -2.34. The van der Waals surface area contributed by atoms with Gasteiger partial charge < -0.3 is 10.3 Å². The Labute approximate surface area is 115 Å². The maximum Gasteiger partial charge on any atom is 0.107 e. The molecule has 3 heteroatoms. The van der Waals surface area contributed by atoms with Crippen molar-refractivity contribution >= 4 is 0 Å². The van der Waals surface area contributed by atoms with Crippen molar-refractivity contribution in [2.75, 3.05) is 6.54 Å². The molecule has 1 aromatic heterocycles. The zero-order valence-electron chi connectivity index (χ0n) is 11.8. The largest absolute Gasteiger partial charge is 0.349 e. The van der Waals surface area contributed by atoms with Gasteiger partial charge in [0.15, 0.2) is 0 Å². The lowest BCUT2D eigenvalue weighted by atomic mass is 10.0. The number of nitrogens with one attached hydrogen (secondary N) is 2. The van der Waals surface area contributed by atoms with Gasteiger partial charge in [-0.25, -0.2) is 4.98 Å². The van der Waals surface area contributed by atoms with Crippen LogP contribution in [0.25, 0.3) is 0 Å². The zero-order valence-corrected chi connectivity index (χ0v) is 11.8. The summed E-state index contributed by atoms with van der Waals surface area (Å²) in [5.74, 6) is 1.06. The molecule has 0 saturated heterocycles. The molecule has 0 aliphatic rings. The number of aromatic nitrogens is 2. The van der Waals surface area contributed by atoms with E-state index < -0.39 is 0 Å². The number of H-pyrrole nitrogens is 1. The van der Waals surface area contributed by atoms with E-state index in [-0.39, 0.29) is 0 Å². The Balaban J connectivity index is 1.98. The first-order valence-electron chi connectivity index (χ1n) is 7.05. The molecule has 1 aromatic carbocycles. The summed E-state index contributed by atoms with van der Waals surface area (Å²) in [6.07, 6.45) is 6.85. The zero-order chi connectivity index (χ0) is 13.5. The van der Waals surface area contributed by atoms with E-state index >= 15 is 0 Å². The summed E-state index contributed by atoms with van der Waals surface area (Å²) in [5.41, 5.74) is 2.69. The van der Waals surface area contributed by atoms with Crippen LogP contribution in [0, 0.1) is 6.92 Å². The van der Waals surface area contributed by atoms with Crippen molar-refractivity contribution < 1.29 is 0 Å². The fourth-order valence-electron chi connectivity index (χ4n) is 2.22. The Morgan fingerprint density at radius 1 is 1.21 bits per heavy atom. The average molecular weight is 257 g/mol. The Hall–Kier alpha value is -1.61. The highest BCUT2D eigenvalue weighted by molar-refractivity contribution is 5.22. The fourth-order valence-corrected chi connectivity index (χ4v) is 2.22. The summed E-state index contributed by atoms with van der Waals surface area (Å²) in [5, 5.41) is 3.61. The number of hydrogen-bond acceptors (Lipinski definition) is 2. The third-order valence-electron chi connectivity index (χ3n) is 3.28. The molecule has 0 aliphatic carbocycles. The lowest BCUT2D eigenvalue weighted by Gasteiger charge is -2.17. The predicted octanol–water partition coefficient (Wildman–Crippen LogP) is 2.87. The topological polar surface area (TPSA) is 40.7 Å². The van der Waals surface area contributed by atoms with Crippen LogP contribution in [0.15, 0.2) is 36.7 Å². The number of aromatic amines is 1. The van der Waals surface area contributed by atoms with Gasteiger partial charge >= 0.3 is 0 Å². The number of nitrogens with zero attached hydrogens (tertiary/aromatic N) is 1. The standard InChI is InChI=1S/C16H23N3/c1-3-8-17-15(12-16-18-9-10-19-16)11-14-6-4-13(2)5-7-14/h4-7,9-10,15,17H,3,8,11-12H2,1-2H3,(H,18,19). The van der Waals surface area contributed by atoms with Crippen LogP contribution in [-0.4, -0.2) is 22.6 Å². The third kappa shape index (κ3) is 4.52. The van der Waals surface area contributed by atoms with E-state index in [2.05, 4.69) is 53.4 Å². The second kappa shape index (κ2) is 7.10. The molecule has 1 heterocycles. The number of hydrogen-bond donors (Lipinski definition) is 2. The highest BCUT2D eigenvalue weighted by Gasteiger charge is 2.11. The maximum atomic E-state index is 4.32. The molecule has 0 bridgehead atoms. The van der Waals surface area contributed by atoms with Crippen LogP contribution in [0.3, 0.4) is 0 Å². The van der Waals surface area contributed by atoms with Crippen LogP contribution in [0.4, 0.5) is 0 Å². The Morgan fingerprint density at radius 3 is 2.63 bits per heavy atom. The summed E-state index contributed by atoms with van der Waals surface area (Å²) in [4.78, 5) is 7.51. The van der Waals surface area contributed by atoms with Crippen LogP contribution < -0.4 is 5.32 Å². The number of aryl methyl sites for hydroxylation is 1. The van der Waals surface area contributed by atoms with Crippen molar-refractivity contribution in [2.24, 2.45) is 0 Å². The van der Waals surface area contributed by atoms with Crippen molar-refractivity contribution in [3.8, 4) is 0 Å². The van der Waals surface area contributed by atoms with Crippen molar-refractivity contribution in [3.63, 3.8) is 0 Å². The van der Waals surface area contributed by atoms with Gasteiger partial charge in [0.25, 0.3) is 0 Å². The Bertz CT molecular complexity index is 459. The quantitative estimate of drug-likeness (QED) is 0.800. The van der Waals surface area contributed by atoms with E-state index in [1.54, 1.807) is 0 Å². The van der Waals surface area contributed by atoms with Gasteiger partial charge in [-0.2, -0.15) is 0 Å². The van der Waals surface area contributed by atoms with Gasteiger partial charge in [0.05, 0.1) is 0 Å². The van der Waals surface area contributed by atoms with Crippen LogP contribution in [0.5, 0.6) is 0 Å². The van der Waals surface area contributed by atoms with E-state index in [1.807, 2.05) is 12.4 Å². The smallest absolute Gasteiger partial charge is 0.107 e. The molecule has 1 unspecified atom stereocenters. The Morgan fingerprint density at radius 2 is 2.00 bits per heavy atom. The molecule has 0 radical (unpaired) electrons. The van der Waals surface area contributed by atoms with Crippen LogP contribution in [0.1, 0.15) is 30.3 Å². The number of benzene rings is 1. The molecule has 2 N–H and O–H groups in total. The van der Waals surface area contributed by atoms with Crippen molar-refractivity contribution in [1.82, 2.24) is 15.3 Å². The summed E-state index contributed by atoms with van der Waals surface area (Å²) in [6, 6.07) is 9.24. The molecule has 0 saturated carbocycles. The van der Waals surface area contributed by atoms with Crippen molar-refractivity contribution in [3.05, 3.63) is 53.6 Å². The minimum absolute atomic E-state index is 0.439. The summed E-state index contributed by atoms with van der Waals surface area (Å²) in [7, 11) is 0. The van der Waals surface area contributed by atoms with Gasteiger partial charge in [-0.05, 0) is 31.9 Å². The maximum absolute atomic E-state index is 4.32. The van der Waals surface area contributed by atoms with Crippen molar-refractivity contribution in [2.45, 2.75) is 39.2 Å². The van der Waals surface area contributed by atoms with E-state index in [4.69, 9.17) is 0 Å². The van der Waals surface area contributed by atoms with Crippen LogP contribution >= 0.6 is 0 Å². The molecule has 2 rings (SSSR count). The number of rotatable bonds is 7. The second-order valence-electron chi connectivity index (χ2n) is 5.08. The summed E-state index contributed by atoms with van der Waals surface area (Å²) < 4.78 is 0. The van der Waals surface area contributed by atoms with Gasteiger partial charge in [-0.3, -0.25) is 0 Å². The molecule has 0 amide bonds. The van der Waals surface area contributed by atoms with Gasteiger partial charge in [-0.15, -0.1) is 0 Å². The molecular weight excluding hydrogens is 234 g/mol. The SMILES string of the molecule is CCCNC(Cc1ccc(C)cc1)Cc1ncc[nH]1. The highest BCUT2D eigenvalue weighted by atomic mass is 14.9. The molecule has 0 fully saturated rings. The van der Waals surface area contributed by atoms with Gasteiger partial charge in [-0.1, -0.05) is 36.8 Å². The molecule has 19 heavy (non-hydrogen) atoms. The minimum Gasteiger partial charge on any atom is -0.349 e. The van der Waals surface area contributed by atoms with Gasteiger partial charge in [0.2, 0.25) is 0 Å². The van der Waals surface area contributed by atoms with E-state index in [9.17, 15) is 0 Å². The molecule has 0 spiro atoms. The fraction of sp³-hybridized carbons (Fsp3) is 0.438. The monoisotopic (exact) mass is 257 g/mol. The van der Waals surface area contributed by atoms with E-state index in [0.717, 1.165) is 31.6 Å². The molecule has 1 atom stereocenters. The number of imidazole rings is 1. The lowest BCUT2D eigenvalue weighted by molar-refractivity contribution is 0.497. The first kappa shape index (κ1) is 13.8. The van der Waals surface area contributed by atoms with Crippen LogP contribution in [0.2, 0.25) is 0 Å². The summed E-state index contributed by atoms with van der Waals surface area (Å²) in [6.45, 7) is 5.37. The molecule has 2 aromatic rings. The molecular formula is C16H23N3. The normalized spacial score (nSPS) is 12.5. The predicted molar refractivity (Wildman–Crippen MR) is 79.3 cm³/mol. The first-order chi connectivity index (χ1) is 9.28. The van der Waals surface area contributed by atoms with Crippen LogP contribution in [-0.2, 0) is 12.8 Å². The first-order valence-corrected chi connectivity index (χ1v) is 7.05. The second-order valence-corrected chi connectivity index (χ2v) is 5.08. The Kier molecular flexibility index (Phi) is 5.16. The van der Waals surface area contributed by atoms with E-state index in [1.165, 1.54) is 11.1 Å². The average Bonchev–Trinajstić information content (AvgIpc) is 2.91. The molecule has 0 aliphatic heterocycles. The van der Waals surface area contributed by atoms with Gasteiger partial charge in [0, 0.05) is 24.9 Å². The molecule has 102 valence electrons. The minimum atomic E-state index is 0.439. The molecule has 3 nitrogen and oxygen atoms in total.